The number of nitrogens with one attached hydrogen (secondary N) is 1. The van der Waals surface area contributed by atoms with Gasteiger partial charge < -0.3 is 10.2 Å². The minimum absolute atomic E-state index is 0.932. The molecule has 1 aliphatic heterocycles. The molecule has 1 saturated heterocycles. The number of rotatable bonds is 6. The first-order valence-electron chi connectivity index (χ1n) is 7.31. The third-order valence-electron chi connectivity index (χ3n) is 3.81. The second-order valence-electron chi connectivity index (χ2n) is 5.55. The molecular weight excluding hydrogens is 302 g/mol. The quantitative estimate of drug-likeness (QED) is 0.807. The third-order valence-corrected chi connectivity index (χ3v) is 4.25. The SMILES string of the molecule is CC1CCN(CCCCNc2cncc(Br)c2)CC1. The fraction of sp³-hybridized carbons (Fsp3) is 0.667. The van der Waals surface area contributed by atoms with Gasteiger partial charge >= 0.3 is 0 Å². The molecule has 2 heterocycles. The summed E-state index contributed by atoms with van der Waals surface area (Å²) in [7, 11) is 0. The number of nitrogens with zero attached hydrogens (tertiary/aromatic N) is 2. The summed E-state index contributed by atoms with van der Waals surface area (Å²) in [4.78, 5) is 6.76. The monoisotopic (exact) mass is 325 g/mol. The number of halogens is 1. The number of aromatic nitrogens is 1. The number of piperidine rings is 1. The fourth-order valence-corrected chi connectivity index (χ4v) is 2.85. The highest BCUT2D eigenvalue weighted by molar-refractivity contribution is 9.10. The van der Waals surface area contributed by atoms with E-state index in [1.807, 2.05) is 12.4 Å². The van der Waals surface area contributed by atoms with Crippen LogP contribution in [0.2, 0.25) is 0 Å². The number of unbranched alkanes of at least 4 members (excludes halogenated alkanes) is 1. The lowest BCUT2D eigenvalue weighted by Crippen LogP contribution is -2.33. The van der Waals surface area contributed by atoms with Gasteiger partial charge in [0.15, 0.2) is 0 Å². The molecule has 0 saturated carbocycles. The number of hydrogen-bond donors (Lipinski definition) is 1. The molecule has 0 amide bonds. The number of anilines is 1. The molecule has 0 radical (unpaired) electrons. The van der Waals surface area contributed by atoms with E-state index in [0.717, 1.165) is 22.6 Å². The first-order valence-corrected chi connectivity index (χ1v) is 8.10. The third kappa shape index (κ3) is 5.49. The van der Waals surface area contributed by atoms with Crippen LogP contribution in [-0.4, -0.2) is 36.1 Å². The second-order valence-corrected chi connectivity index (χ2v) is 6.47. The Morgan fingerprint density at radius 1 is 1.32 bits per heavy atom. The minimum atomic E-state index is 0.932. The zero-order chi connectivity index (χ0) is 13.5. The average molecular weight is 326 g/mol. The molecule has 0 bridgehead atoms. The summed E-state index contributed by atoms with van der Waals surface area (Å²) in [5.41, 5.74) is 1.10. The van der Waals surface area contributed by atoms with Gasteiger partial charge in [-0.15, -0.1) is 0 Å². The van der Waals surface area contributed by atoms with Gasteiger partial charge in [0.05, 0.1) is 11.9 Å². The van der Waals surface area contributed by atoms with Crippen LogP contribution in [-0.2, 0) is 0 Å². The Balaban J connectivity index is 1.55. The lowest BCUT2D eigenvalue weighted by molar-refractivity contribution is 0.190. The molecule has 0 atom stereocenters. The van der Waals surface area contributed by atoms with E-state index < -0.39 is 0 Å². The van der Waals surface area contributed by atoms with Crippen molar-refractivity contribution in [3.8, 4) is 0 Å². The molecule has 4 heteroatoms. The van der Waals surface area contributed by atoms with Crippen LogP contribution in [0.3, 0.4) is 0 Å². The van der Waals surface area contributed by atoms with E-state index in [-0.39, 0.29) is 0 Å². The van der Waals surface area contributed by atoms with Gasteiger partial charge in [-0.1, -0.05) is 6.92 Å². The second kappa shape index (κ2) is 7.85. The maximum absolute atomic E-state index is 4.15. The summed E-state index contributed by atoms with van der Waals surface area (Å²) >= 11 is 3.43. The van der Waals surface area contributed by atoms with Crippen LogP contribution in [0.25, 0.3) is 0 Å². The van der Waals surface area contributed by atoms with Crippen molar-refractivity contribution < 1.29 is 0 Å². The Bertz CT molecular complexity index is 375. The number of hydrogen-bond acceptors (Lipinski definition) is 3. The van der Waals surface area contributed by atoms with Crippen molar-refractivity contribution in [1.82, 2.24) is 9.88 Å². The lowest BCUT2D eigenvalue weighted by atomic mass is 9.99. The van der Waals surface area contributed by atoms with Crippen LogP contribution < -0.4 is 5.32 Å². The molecule has 19 heavy (non-hydrogen) atoms. The van der Waals surface area contributed by atoms with Crippen molar-refractivity contribution >= 4 is 21.6 Å². The highest BCUT2D eigenvalue weighted by Gasteiger charge is 2.14. The van der Waals surface area contributed by atoms with Crippen molar-refractivity contribution in [3.05, 3.63) is 22.9 Å². The van der Waals surface area contributed by atoms with Gasteiger partial charge in [-0.25, -0.2) is 0 Å². The van der Waals surface area contributed by atoms with Crippen LogP contribution in [0.15, 0.2) is 22.9 Å². The van der Waals surface area contributed by atoms with Crippen LogP contribution in [0.4, 0.5) is 5.69 Å². The summed E-state index contributed by atoms with van der Waals surface area (Å²) in [6.07, 6.45) is 8.94. The molecule has 0 spiro atoms. The van der Waals surface area contributed by atoms with Crippen LogP contribution in [0.5, 0.6) is 0 Å². The zero-order valence-electron chi connectivity index (χ0n) is 11.7. The summed E-state index contributed by atoms with van der Waals surface area (Å²) in [5, 5.41) is 3.42. The van der Waals surface area contributed by atoms with Crippen LogP contribution >= 0.6 is 15.9 Å². The predicted molar refractivity (Wildman–Crippen MR) is 84.5 cm³/mol. The summed E-state index contributed by atoms with van der Waals surface area (Å²) in [6, 6.07) is 2.07. The van der Waals surface area contributed by atoms with Crippen molar-refractivity contribution in [2.45, 2.75) is 32.6 Å². The molecular formula is C15H24BrN3. The molecule has 1 aromatic rings. The number of likely N-dealkylation sites (tertiary alicyclic amines) is 1. The maximum atomic E-state index is 4.15. The fourth-order valence-electron chi connectivity index (χ4n) is 2.49. The van der Waals surface area contributed by atoms with Crippen molar-refractivity contribution in [2.75, 3.05) is 31.5 Å². The number of pyridine rings is 1. The van der Waals surface area contributed by atoms with E-state index in [4.69, 9.17) is 0 Å². The Morgan fingerprint density at radius 3 is 2.84 bits per heavy atom. The maximum Gasteiger partial charge on any atom is 0.0538 e. The van der Waals surface area contributed by atoms with Crippen LogP contribution in [0.1, 0.15) is 32.6 Å². The van der Waals surface area contributed by atoms with Gasteiger partial charge in [-0.05, 0) is 73.2 Å². The van der Waals surface area contributed by atoms with Gasteiger partial charge in [-0.3, -0.25) is 4.98 Å². The van der Waals surface area contributed by atoms with Gasteiger partial charge in [0, 0.05) is 17.2 Å². The van der Waals surface area contributed by atoms with E-state index >= 15 is 0 Å². The van der Waals surface area contributed by atoms with E-state index in [2.05, 4.69) is 44.1 Å². The molecule has 1 N–H and O–H groups in total. The Hall–Kier alpha value is -0.610. The van der Waals surface area contributed by atoms with E-state index in [1.54, 1.807) is 0 Å². The molecule has 106 valence electrons. The summed E-state index contributed by atoms with van der Waals surface area (Å²) in [6.45, 7) is 7.25. The highest BCUT2D eigenvalue weighted by Crippen LogP contribution is 2.16. The smallest absolute Gasteiger partial charge is 0.0538 e. The molecule has 1 aromatic heterocycles. The normalized spacial score (nSPS) is 17.6. The van der Waals surface area contributed by atoms with E-state index in [0.29, 0.717) is 0 Å². The molecule has 0 aromatic carbocycles. The molecule has 0 aliphatic carbocycles. The van der Waals surface area contributed by atoms with Gasteiger partial charge in [-0.2, -0.15) is 0 Å². The lowest BCUT2D eigenvalue weighted by Gasteiger charge is -2.30. The van der Waals surface area contributed by atoms with E-state index in [9.17, 15) is 0 Å². The van der Waals surface area contributed by atoms with Gasteiger partial charge in [0.1, 0.15) is 0 Å². The molecule has 2 rings (SSSR count). The zero-order valence-corrected chi connectivity index (χ0v) is 13.3. The Kier molecular flexibility index (Phi) is 6.11. The van der Waals surface area contributed by atoms with E-state index in [1.165, 1.54) is 45.3 Å². The Labute approximate surface area is 124 Å². The van der Waals surface area contributed by atoms with Crippen LogP contribution in [0, 0.1) is 5.92 Å². The summed E-state index contributed by atoms with van der Waals surface area (Å²) < 4.78 is 1.03. The predicted octanol–water partition coefficient (Wildman–Crippen LogP) is 3.77. The van der Waals surface area contributed by atoms with Crippen molar-refractivity contribution in [3.63, 3.8) is 0 Å². The minimum Gasteiger partial charge on any atom is -0.384 e. The Morgan fingerprint density at radius 2 is 2.11 bits per heavy atom. The van der Waals surface area contributed by atoms with Crippen molar-refractivity contribution in [1.29, 1.82) is 0 Å². The molecule has 1 fully saturated rings. The standard InChI is InChI=1S/C15H24BrN3/c1-13-4-8-19(9-5-13)7-3-2-6-18-15-10-14(16)11-17-12-15/h10-13,18H,2-9H2,1H3. The van der Waals surface area contributed by atoms with Gasteiger partial charge in [0.25, 0.3) is 0 Å². The molecule has 3 nitrogen and oxygen atoms in total. The van der Waals surface area contributed by atoms with Gasteiger partial charge in [0.2, 0.25) is 0 Å². The topological polar surface area (TPSA) is 28.2 Å². The first kappa shape index (κ1) is 14.8. The highest BCUT2D eigenvalue weighted by atomic mass is 79.9. The molecule has 1 aliphatic rings. The molecule has 0 unspecified atom stereocenters. The largest absolute Gasteiger partial charge is 0.384 e. The average Bonchev–Trinajstić information content (AvgIpc) is 2.41. The first-order chi connectivity index (χ1) is 9.24. The van der Waals surface area contributed by atoms with Crippen molar-refractivity contribution in [2.24, 2.45) is 5.92 Å². The summed E-state index contributed by atoms with van der Waals surface area (Å²) in [5.74, 6) is 0.932.